The number of ether oxygens (including phenoxy) is 1. The summed E-state index contributed by atoms with van der Waals surface area (Å²) in [6, 6.07) is 8.88. The van der Waals surface area contributed by atoms with Gasteiger partial charge in [-0.1, -0.05) is 23.2 Å². The molecular formula is C14H14Cl3NO. The first-order chi connectivity index (χ1) is 8.47. The molecule has 0 bridgehead atoms. The highest BCUT2D eigenvalue weighted by atomic mass is 35.5. The number of aryl methyl sites for hydroxylation is 2. The molecule has 2 nitrogen and oxygen atoms in total. The topological polar surface area (TPSA) is 35.2 Å². The number of hydrogen-bond acceptors (Lipinski definition) is 2. The number of nitrogens with two attached hydrogens (primary N) is 1. The van der Waals surface area contributed by atoms with Gasteiger partial charge in [0.1, 0.15) is 11.5 Å². The molecule has 0 spiro atoms. The van der Waals surface area contributed by atoms with E-state index in [1.54, 1.807) is 18.2 Å². The van der Waals surface area contributed by atoms with Crippen molar-refractivity contribution < 1.29 is 4.74 Å². The lowest BCUT2D eigenvalue weighted by atomic mass is 10.1. The Labute approximate surface area is 128 Å². The maximum absolute atomic E-state index is 5.98. The van der Waals surface area contributed by atoms with Crippen LogP contribution in [0.25, 0.3) is 0 Å². The van der Waals surface area contributed by atoms with E-state index in [4.69, 9.17) is 33.7 Å². The van der Waals surface area contributed by atoms with E-state index in [1.807, 2.05) is 26.0 Å². The van der Waals surface area contributed by atoms with E-state index < -0.39 is 0 Å². The molecule has 2 rings (SSSR count). The van der Waals surface area contributed by atoms with Crippen LogP contribution in [0.3, 0.4) is 0 Å². The van der Waals surface area contributed by atoms with Gasteiger partial charge < -0.3 is 10.5 Å². The molecule has 0 heterocycles. The Balaban J connectivity index is 0.00000180. The first kappa shape index (κ1) is 16.0. The van der Waals surface area contributed by atoms with E-state index in [2.05, 4.69) is 0 Å². The summed E-state index contributed by atoms with van der Waals surface area (Å²) >= 11 is 11.8. The normalized spacial score (nSPS) is 9.89. The molecule has 0 aromatic heterocycles. The monoisotopic (exact) mass is 317 g/mol. The molecule has 0 fully saturated rings. The van der Waals surface area contributed by atoms with Gasteiger partial charge in [-0.15, -0.1) is 12.4 Å². The van der Waals surface area contributed by atoms with Gasteiger partial charge in [-0.25, -0.2) is 0 Å². The molecule has 2 N–H and O–H groups in total. The average Bonchev–Trinajstić information content (AvgIpc) is 2.25. The predicted octanol–water partition coefficient (Wildman–Crippen LogP) is 5.41. The van der Waals surface area contributed by atoms with Crippen LogP contribution < -0.4 is 10.5 Å². The summed E-state index contributed by atoms with van der Waals surface area (Å²) in [7, 11) is 0. The number of nitrogen functional groups attached to an aromatic ring is 1. The molecule has 102 valence electrons. The molecule has 0 unspecified atom stereocenters. The third-order valence-corrected chi connectivity index (χ3v) is 3.06. The second-order valence-corrected chi connectivity index (χ2v) is 5.03. The summed E-state index contributed by atoms with van der Waals surface area (Å²) in [5.74, 6) is 1.36. The zero-order valence-electron chi connectivity index (χ0n) is 10.5. The quantitative estimate of drug-likeness (QED) is 0.752. The smallest absolute Gasteiger partial charge is 0.150 e. The summed E-state index contributed by atoms with van der Waals surface area (Å²) in [5.41, 5.74) is 8.31. The molecule has 0 saturated heterocycles. The van der Waals surface area contributed by atoms with Gasteiger partial charge in [0.2, 0.25) is 0 Å². The van der Waals surface area contributed by atoms with Crippen molar-refractivity contribution >= 4 is 41.3 Å². The van der Waals surface area contributed by atoms with Crippen molar-refractivity contribution in [2.45, 2.75) is 13.8 Å². The largest absolute Gasteiger partial charge is 0.455 e. The van der Waals surface area contributed by atoms with Crippen LogP contribution in [-0.4, -0.2) is 0 Å². The Morgan fingerprint density at radius 3 is 2.05 bits per heavy atom. The van der Waals surface area contributed by atoms with Crippen molar-refractivity contribution in [3.05, 3.63) is 51.5 Å². The van der Waals surface area contributed by atoms with Crippen molar-refractivity contribution in [3.8, 4) is 11.5 Å². The Morgan fingerprint density at radius 2 is 1.53 bits per heavy atom. The minimum atomic E-state index is 0. The summed E-state index contributed by atoms with van der Waals surface area (Å²) in [6.45, 7) is 3.89. The summed E-state index contributed by atoms with van der Waals surface area (Å²) < 4.78 is 5.84. The highest BCUT2D eigenvalue weighted by Crippen LogP contribution is 2.34. The molecule has 0 radical (unpaired) electrons. The van der Waals surface area contributed by atoms with Crippen LogP contribution in [0.5, 0.6) is 11.5 Å². The van der Waals surface area contributed by atoms with Crippen LogP contribution in [0.15, 0.2) is 30.3 Å². The van der Waals surface area contributed by atoms with Crippen molar-refractivity contribution in [1.82, 2.24) is 0 Å². The number of halogens is 3. The van der Waals surface area contributed by atoms with E-state index in [0.717, 1.165) is 16.9 Å². The molecule has 19 heavy (non-hydrogen) atoms. The lowest BCUT2D eigenvalue weighted by Gasteiger charge is -2.13. The van der Waals surface area contributed by atoms with Crippen LogP contribution in [0.4, 0.5) is 5.69 Å². The highest BCUT2D eigenvalue weighted by Gasteiger charge is 2.09. The Morgan fingerprint density at radius 1 is 0.947 bits per heavy atom. The number of hydrogen-bond donors (Lipinski definition) is 1. The predicted molar refractivity (Wildman–Crippen MR) is 84.1 cm³/mol. The lowest BCUT2D eigenvalue weighted by Crippen LogP contribution is -1.95. The standard InChI is InChI=1S/C14H13Cl2NO.ClH/c1-8-5-11(16)6-9(2)14(8)18-13-4-3-10(15)7-12(13)17;/h3-7H,17H2,1-2H3;1H. The van der Waals surface area contributed by atoms with Crippen molar-refractivity contribution in [2.24, 2.45) is 0 Å². The van der Waals surface area contributed by atoms with Crippen LogP contribution in [0.2, 0.25) is 10.0 Å². The van der Waals surface area contributed by atoms with Crippen LogP contribution in [0.1, 0.15) is 11.1 Å². The van der Waals surface area contributed by atoms with Gasteiger partial charge in [0.25, 0.3) is 0 Å². The zero-order valence-corrected chi connectivity index (χ0v) is 12.9. The third kappa shape index (κ3) is 3.69. The minimum absolute atomic E-state index is 0. The second kappa shape index (κ2) is 6.38. The number of benzene rings is 2. The molecule has 0 aliphatic rings. The van der Waals surface area contributed by atoms with Gasteiger partial charge >= 0.3 is 0 Å². The van der Waals surface area contributed by atoms with E-state index in [9.17, 15) is 0 Å². The fraction of sp³-hybridized carbons (Fsp3) is 0.143. The zero-order chi connectivity index (χ0) is 13.3. The maximum Gasteiger partial charge on any atom is 0.150 e. The number of rotatable bonds is 2. The first-order valence-electron chi connectivity index (χ1n) is 5.47. The molecule has 0 aliphatic carbocycles. The first-order valence-corrected chi connectivity index (χ1v) is 6.22. The van der Waals surface area contributed by atoms with E-state index in [0.29, 0.717) is 21.5 Å². The van der Waals surface area contributed by atoms with Crippen molar-refractivity contribution in [2.75, 3.05) is 5.73 Å². The summed E-state index contributed by atoms with van der Waals surface area (Å²) in [6.07, 6.45) is 0. The van der Waals surface area contributed by atoms with E-state index in [-0.39, 0.29) is 12.4 Å². The van der Waals surface area contributed by atoms with Crippen molar-refractivity contribution in [3.63, 3.8) is 0 Å². The molecule has 0 atom stereocenters. The number of anilines is 1. The fourth-order valence-corrected chi connectivity index (χ4v) is 2.29. The van der Waals surface area contributed by atoms with Crippen LogP contribution >= 0.6 is 35.6 Å². The Bertz CT molecular complexity index is 576. The lowest BCUT2D eigenvalue weighted by molar-refractivity contribution is 0.477. The molecule has 0 saturated carbocycles. The van der Waals surface area contributed by atoms with E-state index >= 15 is 0 Å². The fourth-order valence-electron chi connectivity index (χ4n) is 1.78. The van der Waals surface area contributed by atoms with Crippen LogP contribution in [0, 0.1) is 13.8 Å². The molecule has 5 heteroatoms. The highest BCUT2D eigenvalue weighted by molar-refractivity contribution is 6.31. The van der Waals surface area contributed by atoms with E-state index in [1.165, 1.54) is 0 Å². The summed E-state index contributed by atoms with van der Waals surface area (Å²) in [4.78, 5) is 0. The van der Waals surface area contributed by atoms with Gasteiger partial charge in [0.05, 0.1) is 5.69 Å². The molecule has 0 aliphatic heterocycles. The maximum atomic E-state index is 5.98. The van der Waals surface area contributed by atoms with Crippen LogP contribution in [-0.2, 0) is 0 Å². The van der Waals surface area contributed by atoms with Gasteiger partial charge in [-0.3, -0.25) is 0 Å². The van der Waals surface area contributed by atoms with Gasteiger partial charge in [0.15, 0.2) is 0 Å². The molecular weight excluding hydrogens is 305 g/mol. The molecule has 2 aromatic carbocycles. The molecule has 2 aromatic rings. The molecule has 0 amide bonds. The second-order valence-electron chi connectivity index (χ2n) is 4.15. The van der Waals surface area contributed by atoms with Crippen molar-refractivity contribution in [1.29, 1.82) is 0 Å². The average molecular weight is 319 g/mol. The Hall–Kier alpha value is -1.09. The van der Waals surface area contributed by atoms with Gasteiger partial charge in [0, 0.05) is 10.0 Å². The summed E-state index contributed by atoms with van der Waals surface area (Å²) in [5, 5.41) is 1.28. The minimum Gasteiger partial charge on any atom is -0.455 e. The Kier molecular flexibility index (Phi) is 5.36. The third-order valence-electron chi connectivity index (χ3n) is 2.61. The van der Waals surface area contributed by atoms with Gasteiger partial charge in [-0.2, -0.15) is 0 Å². The SMILES string of the molecule is Cc1cc(Cl)cc(C)c1Oc1ccc(Cl)cc1N.Cl. The van der Waals surface area contributed by atoms with Gasteiger partial charge in [-0.05, 0) is 55.3 Å².